The maximum atomic E-state index is 14.2. The van der Waals surface area contributed by atoms with Gasteiger partial charge in [-0.15, -0.1) is 11.3 Å². The van der Waals surface area contributed by atoms with E-state index in [2.05, 4.69) is 15.3 Å². The summed E-state index contributed by atoms with van der Waals surface area (Å²) >= 11 is 0.475. The predicted molar refractivity (Wildman–Crippen MR) is 134 cm³/mol. The highest BCUT2D eigenvalue weighted by Crippen LogP contribution is 2.42. The van der Waals surface area contributed by atoms with Crippen molar-refractivity contribution in [3.63, 3.8) is 0 Å². The molecule has 0 saturated carbocycles. The Labute approximate surface area is 221 Å². The smallest absolute Gasteiger partial charge is 0.383 e. The number of rotatable bonds is 6. The number of anilines is 1. The summed E-state index contributed by atoms with van der Waals surface area (Å²) in [5.41, 5.74) is -4.71. The number of amides is 2. The average Bonchev–Trinajstić information content (AvgIpc) is 3.37. The van der Waals surface area contributed by atoms with Gasteiger partial charge in [0.1, 0.15) is 17.1 Å². The molecule has 38 heavy (non-hydrogen) atoms. The van der Waals surface area contributed by atoms with E-state index in [4.69, 9.17) is 0 Å². The van der Waals surface area contributed by atoms with E-state index < -0.39 is 51.2 Å². The van der Waals surface area contributed by atoms with E-state index in [1.165, 1.54) is 4.90 Å². The molecule has 210 valence electrons. The van der Waals surface area contributed by atoms with E-state index in [1.807, 2.05) is 0 Å². The van der Waals surface area contributed by atoms with Crippen LogP contribution in [-0.4, -0.2) is 71.6 Å². The molecule has 0 bridgehead atoms. The van der Waals surface area contributed by atoms with Crippen molar-refractivity contribution >= 4 is 29.0 Å². The Morgan fingerprint density at radius 2 is 1.76 bits per heavy atom. The molecule has 1 fully saturated rings. The van der Waals surface area contributed by atoms with Crippen molar-refractivity contribution in [2.24, 2.45) is 0 Å². The van der Waals surface area contributed by atoms with Gasteiger partial charge in [-0.1, -0.05) is 0 Å². The zero-order chi connectivity index (χ0) is 28.8. The van der Waals surface area contributed by atoms with Crippen molar-refractivity contribution in [3.05, 3.63) is 28.5 Å². The van der Waals surface area contributed by atoms with Gasteiger partial charge in [0.15, 0.2) is 5.01 Å². The Kier molecular flexibility index (Phi) is 7.87. The first-order valence-corrected chi connectivity index (χ1v) is 12.7. The number of hydrogen-bond donors (Lipinski definition) is 5. The molecule has 0 aliphatic carbocycles. The van der Waals surface area contributed by atoms with Crippen LogP contribution < -0.4 is 10.6 Å². The SMILES string of the molecule is CC1CCCN1C(=O)c1nc(C(=O)NC(O)(O)C(C)(C)O)sc1-c1cnc(NC(C)(C)C)cc1C(F)(F)F. The van der Waals surface area contributed by atoms with Crippen molar-refractivity contribution in [1.82, 2.24) is 20.2 Å². The number of carbonyl (C=O) groups is 2. The van der Waals surface area contributed by atoms with Gasteiger partial charge in [0.2, 0.25) is 0 Å². The summed E-state index contributed by atoms with van der Waals surface area (Å²) in [7, 11) is 0. The van der Waals surface area contributed by atoms with Gasteiger partial charge < -0.3 is 25.5 Å². The first kappa shape index (κ1) is 29.7. The second-order valence-electron chi connectivity index (χ2n) is 10.9. The maximum absolute atomic E-state index is 14.2. The topological polar surface area (TPSA) is 148 Å². The molecule has 10 nitrogen and oxygen atoms in total. The zero-order valence-corrected chi connectivity index (χ0v) is 22.7. The van der Waals surface area contributed by atoms with Crippen LogP contribution in [0.25, 0.3) is 10.4 Å². The van der Waals surface area contributed by atoms with E-state index in [-0.39, 0.29) is 22.4 Å². The normalized spacial score (nSPS) is 17.1. The number of aliphatic hydroxyl groups is 3. The van der Waals surface area contributed by atoms with Gasteiger partial charge in [-0.2, -0.15) is 13.2 Å². The van der Waals surface area contributed by atoms with Gasteiger partial charge in [-0.05, 0) is 60.5 Å². The quantitative estimate of drug-likeness (QED) is 0.339. The summed E-state index contributed by atoms with van der Waals surface area (Å²) < 4.78 is 42.7. The molecule has 2 amide bonds. The fraction of sp³-hybridized carbons (Fsp3) is 0.583. The standard InChI is InChI=1S/C24H32F3N5O5S/c1-12-8-7-9-32(12)20(34)16-17(38-19(29-16)18(33)31-24(36,37)22(5,6)35)13-11-28-15(30-21(2,3)4)10-14(13)23(25,26)27/h10-12,35-37H,7-9H2,1-6H3,(H,28,30)(H,31,33). The molecular weight excluding hydrogens is 527 g/mol. The van der Waals surface area contributed by atoms with Crippen LogP contribution in [0.5, 0.6) is 0 Å². The number of likely N-dealkylation sites (tertiary alicyclic amines) is 1. The molecule has 0 radical (unpaired) electrons. The third-order valence-corrected chi connectivity index (χ3v) is 7.02. The lowest BCUT2D eigenvalue weighted by molar-refractivity contribution is -0.273. The monoisotopic (exact) mass is 559 g/mol. The van der Waals surface area contributed by atoms with Crippen molar-refractivity contribution in [2.45, 2.75) is 83.7 Å². The Bertz CT molecular complexity index is 1220. The van der Waals surface area contributed by atoms with E-state index in [9.17, 15) is 38.1 Å². The van der Waals surface area contributed by atoms with E-state index in [1.54, 1.807) is 33.0 Å². The summed E-state index contributed by atoms with van der Waals surface area (Å²) in [5.74, 6) is -4.99. The second-order valence-corrected chi connectivity index (χ2v) is 11.9. The number of carbonyl (C=O) groups excluding carboxylic acids is 2. The summed E-state index contributed by atoms with van der Waals surface area (Å²) in [6, 6.07) is 0.638. The fourth-order valence-corrected chi connectivity index (χ4v) is 4.78. The number of halogens is 3. The van der Waals surface area contributed by atoms with Crippen LogP contribution in [0.4, 0.5) is 19.0 Å². The third kappa shape index (κ3) is 6.42. The molecular formula is C24H32F3N5O5S. The van der Waals surface area contributed by atoms with Crippen LogP contribution in [0.15, 0.2) is 12.3 Å². The minimum Gasteiger partial charge on any atom is -0.383 e. The minimum atomic E-state index is -4.84. The van der Waals surface area contributed by atoms with Gasteiger partial charge in [0.25, 0.3) is 17.7 Å². The first-order valence-electron chi connectivity index (χ1n) is 11.9. The lowest BCUT2D eigenvalue weighted by Gasteiger charge is -2.33. The Balaban J connectivity index is 2.17. The number of aromatic nitrogens is 2. The van der Waals surface area contributed by atoms with Gasteiger partial charge in [-0.25, -0.2) is 9.97 Å². The van der Waals surface area contributed by atoms with Crippen molar-refractivity contribution in [3.8, 4) is 10.4 Å². The van der Waals surface area contributed by atoms with Crippen LogP contribution in [0.3, 0.4) is 0 Å². The summed E-state index contributed by atoms with van der Waals surface area (Å²) in [6.07, 6.45) is -2.47. The predicted octanol–water partition coefficient (Wildman–Crippen LogP) is 3.20. The van der Waals surface area contributed by atoms with Gasteiger partial charge in [0.05, 0.1) is 10.4 Å². The molecule has 0 spiro atoms. The average molecular weight is 560 g/mol. The highest BCUT2D eigenvalue weighted by Gasteiger charge is 2.44. The molecule has 3 heterocycles. The molecule has 1 atom stereocenters. The first-order chi connectivity index (χ1) is 17.2. The van der Waals surface area contributed by atoms with Gasteiger partial charge in [-0.3, -0.25) is 14.9 Å². The molecule has 1 unspecified atom stereocenters. The van der Waals surface area contributed by atoms with Crippen molar-refractivity contribution in [2.75, 3.05) is 11.9 Å². The van der Waals surface area contributed by atoms with Crippen molar-refractivity contribution < 1.29 is 38.1 Å². The van der Waals surface area contributed by atoms with Crippen LogP contribution in [0, 0.1) is 0 Å². The third-order valence-electron chi connectivity index (χ3n) is 5.94. The lowest BCUT2D eigenvalue weighted by atomic mass is 10.0. The largest absolute Gasteiger partial charge is 0.417 e. The Morgan fingerprint density at radius 3 is 2.26 bits per heavy atom. The van der Waals surface area contributed by atoms with E-state index in [0.717, 1.165) is 26.1 Å². The van der Waals surface area contributed by atoms with Crippen LogP contribution in [0.2, 0.25) is 0 Å². The summed E-state index contributed by atoms with van der Waals surface area (Å²) in [6.45, 7) is 9.50. The molecule has 2 aromatic rings. The summed E-state index contributed by atoms with van der Waals surface area (Å²) in [5, 5.41) is 34.3. The zero-order valence-electron chi connectivity index (χ0n) is 21.9. The van der Waals surface area contributed by atoms with Gasteiger partial charge in [0, 0.05) is 29.9 Å². The molecule has 1 aliphatic heterocycles. The number of nitrogens with one attached hydrogen (secondary N) is 2. The minimum absolute atomic E-state index is 0.0346. The van der Waals surface area contributed by atoms with Crippen molar-refractivity contribution in [1.29, 1.82) is 0 Å². The highest BCUT2D eigenvalue weighted by atomic mass is 32.1. The number of pyridine rings is 1. The van der Waals surface area contributed by atoms with Crippen LogP contribution >= 0.6 is 11.3 Å². The molecule has 0 aromatic carbocycles. The molecule has 14 heteroatoms. The number of hydrogen-bond acceptors (Lipinski definition) is 9. The Hall–Kier alpha value is -2.81. The number of thiazole rings is 1. The Morgan fingerprint density at radius 1 is 1.13 bits per heavy atom. The number of alkyl halides is 3. The van der Waals surface area contributed by atoms with E-state index in [0.29, 0.717) is 30.7 Å². The molecule has 1 saturated heterocycles. The maximum Gasteiger partial charge on any atom is 0.417 e. The highest BCUT2D eigenvalue weighted by molar-refractivity contribution is 7.17. The summed E-state index contributed by atoms with van der Waals surface area (Å²) in [4.78, 5) is 35.6. The van der Waals surface area contributed by atoms with Gasteiger partial charge >= 0.3 is 6.18 Å². The molecule has 5 N–H and O–H groups in total. The van der Waals surface area contributed by atoms with E-state index >= 15 is 0 Å². The second kappa shape index (κ2) is 10.1. The lowest BCUT2D eigenvalue weighted by Crippen LogP contribution is -2.62. The fourth-order valence-electron chi connectivity index (χ4n) is 3.80. The number of nitrogens with zero attached hydrogens (tertiary/aromatic N) is 3. The van der Waals surface area contributed by atoms with Crippen LogP contribution in [0.1, 0.15) is 80.2 Å². The molecule has 3 rings (SSSR count). The molecule has 2 aromatic heterocycles. The van der Waals surface area contributed by atoms with Crippen LogP contribution in [-0.2, 0) is 6.18 Å². The molecule has 1 aliphatic rings.